The van der Waals surface area contributed by atoms with Crippen LogP contribution in [0.1, 0.15) is 29.8 Å². The van der Waals surface area contributed by atoms with Crippen LogP contribution in [0.4, 0.5) is 4.39 Å². The predicted molar refractivity (Wildman–Crippen MR) is 102 cm³/mol. The molecular formula is C21H18ClFN2O. The van der Waals surface area contributed by atoms with Crippen molar-refractivity contribution in [3.8, 4) is 11.3 Å². The fourth-order valence-electron chi connectivity index (χ4n) is 2.72. The molecule has 3 nitrogen and oxygen atoms in total. The molecule has 1 heterocycles. The van der Waals surface area contributed by atoms with Gasteiger partial charge in [0.15, 0.2) is 0 Å². The first-order valence-corrected chi connectivity index (χ1v) is 8.55. The van der Waals surface area contributed by atoms with Gasteiger partial charge < -0.3 is 5.32 Å². The van der Waals surface area contributed by atoms with Gasteiger partial charge in [-0.2, -0.15) is 0 Å². The first kappa shape index (κ1) is 18.1. The molecule has 0 aliphatic carbocycles. The molecule has 3 aromatic rings. The molecule has 0 saturated heterocycles. The third kappa shape index (κ3) is 3.75. The number of aromatic nitrogens is 1. The van der Waals surface area contributed by atoms with Crippen LogP contribution in [0.2, 0.25) is 5.02 Å². The summed E-state index contributed by atoms with van der Waals surface area (Å²) in [7, 11) is 0. The zero-order valence-electron chi connectivity index (χ0n) is 14.5. The number of benzene rings is 2. The van der Waals surface area contributed by atoms with Crippen LogP contribution in [-0.4, -0.2) is 10.9 Å². The van der Waals surface area contributed by atoms with Gasteiger partial charge in [-0.3, -0.25) is 9.78 Å². The summed E-state index contributed by atoms with van der Waals surface area (Å²) in [6.45, 7) is 3.80. The highest BCUT2D eigenvalue weighted by Gasteiger charge is 2.24. The van der Waals surface area contributed by atoms with Crippen LogP contribution in [-0.2, 0) is 5.54 Å². The Hall–Kier alpha value is -2.72. The van der Waals surface area contributed by atoms with E-state index in [0.29, 0.717) is 10.7 Å². The van der Waals surface area contributed by atoms with Crippen LogP contribution in [0, 0.1) is 5.82 Å². The number of carbonyl (C=O) groups is 1. The van der Waals surface area contributed by atoms with Crippen molar-refractivity contribution in [3.63, 3.8) is 0 Å². The Morgan fingerprint density at radius 2 is 1.81 bits per heavy atom. The summed E-state index contributed by atoms with van der Waals surface area (Å²) in [6.07, 6.45) is 1.55. The van der Waals surface area contributed by atoms with Crippen molar-refractivity contribution < 1.29 is 9.18 Å². The molecule has 0 atom stereocenters. The summed E-state index contributed by atoms with van der Waals surface area (Å²) >= 11 is 6.08. The lowest BCUT2D eigenvalue weighted by atomic mass is 9.94. The highest BCUT2D eigenvalue weighted by molar-refractivity contribution is 6.33. The molecule has 3 rings (SSSR count). The molecule has 132 valence electrons. The number of nitrogens with one attached hydrogen (secondary N) is 1. The second kappa shape index (κ2) is 7.26. The molecule has 0 aliphatic heterocycles. The molecule has 0 aliphatic rings. The maximum absolute atomic E-state index is 14.6. The minimum Gasteiger partial charge on any atom is -0.343 e. The Bertz CT molecular complexity index is 942. The van der Waals surface area contributed by atoms with Gasteiger partial charge in [-0.1, -0.05) is 41.9 Å². The third-order valence-corrected chi connectivity index (χ3v) is 4.47. The molecule has 0 saturated carbocycles. The lowest BCUT2D eigenvalue weighted by Gasteiger charge is -2.27. The lowest BCUT2D eigenvalue weighted by molar-refractivity contribution is 0.0911. The SMILES string of the molecule is CC(C)(NC(=O)c1ccc(-c2ncccc2Cl)c(F)c1)c1ccccc1. The summed E-state index contributed by atoms with van der Waals surface area (Å²) in [5.74, 6) is -0.896. The molecule has 1 amide bonds. The Morgan fingerprint density at radius 1 is 1.08 bits per heavy atom. The zero-order valence-corrected chi connectivity index (χ0v) is 15.2. The average Bonchev–Trinajstić information content (AvgIpc) is 2.63. The fourth-order valence-corrected chi connectivity index (χ4v) is 2.94. The van der Waals surface area contributed by atoms with Crippen LogP contribution in [0.3, 0.4) is 0 Å². The first-order valence-electron chi connectivity index (χ1n) is 8.17. The summed E-state index contributed by atoms with van der Waals surface area (Å²) in [5, 5.41) is 3.29. The standard InChI is InChI=1S/C21H18ClFN2O/c1-21(2,15-7-4-3-5-8-15)25-20(26)14-10-11-16(18(23)13-14)19-17(22)9-6-12-24-19/h3-13H,1-2H3,(H,25,26). The van der Waals surface area contributed by atoms with Crippen molar-refractivity contribution in [2.75, 3.05) is 0 Å². The third-order valence-electron chi connectivity index (χ3n) is 4.17. The van der Waals surface area contributed by atoms with Crippen LogP contribution in [0.25, 0.3) is 11.3 Å². The largest absolute Gasteiger partial charge is 0.343 e. The number of nitrogens with zero attached hydrogens (tertiary/aromatic N) is 1. The summed E-state index contributed by atoms with van der Waals surface area (Å²) in [4.78, 5) is 16.7. The topological polar surface area (TPSA) is 42.0 Å². The van der Waals surface area contributed by atoms with E-state index in [0.717, 1.165) is 5.56 Å². The predicted octanol–water partition coefficient (Wildman–Crippen LogP) is 5.21. The van der Waals surface area contributed by atoms with Gasteiger partial charge in [0.2, 0.25) is 0 Å². The van der Waals surface area contributed by atoms with Crippen LogP contribution in [0.5, 0.6) is 0 Å². The Morgan fingerprint density at radius 3 is 2.46 bits per heavy atom. The molecule has 0 radical (unpaired) electrons. The lowest BCUT2D eigenvalue weighted by Crippen LogP contribution is -2.41. The number of amides is 1. The summed E-state index contributed by atoms with van der Waals surface area (Å²) in [6, 6.07) is 17.2. The quantitative estimate of drug-likeness (QED) is 0.687. The Labute approximate surface area is 156 Å². The van der Waals surface area contributed by atoms with E-state index >= 15 is 0 Å². The zero-order chi connectivity index (χ0) is 18.7. The Kier molecular flexibility index (Phi) is 5.05. The highest BCUT2D eigenvalue weighted by Crippen LogP contribution is 2.28. The van der Waals surface area contributed by atoms with Gasteiger partial charge in [-0.05, 0) is 49.7 Å². The molecule has 0 spiro atoms. The summed E-state index contributed by atoms with van der Waals surface area (Å²) in [5.41, 5.74) is 1.23. The molecule has 0 unspecified atom stereocenters. The van der Waals surface area contributed by atoms with Crippen molar-refractivity contribution in [2.24, 2.45) is 0 Å². The van der Waals surface area contributed by atoms with Crippen LogP contribution < -0.4 is 5.32 Å². The molecule has 2 aromatic carbocycles. The smallest absolute Gasteiger partial charge is 0.252 e. The van der Waals surface area contributed by atoms with E-state index in [9.17, 15) is 9.18 Å². The molecule has 5 heteroatoms. The fraction of sp³-hybridized carbons (Fsp3) is 0.143. The second-order valence-corrected chi connectivity index (χ2v) is 6.88. The minimum absolute atomic E-state index is 0.238. The van der Waals surface area contributed by atoms with Crippen molar-refractivity contribution in [1.82, 2.24) is 10.3 Å². The van der Waals surface area contributed by atoms with E-state index in [4.69, 9.17) is 11.6 Å². The van der Waals surface area contributed by atoms with E-state index in [-0.39, 0.29) is 17.0 Å². The van der Waals surface area contributed by atoms with Crippen LogP contribution >= 0.6 is 11.6 Å². The number of hydrogen-bond acceptors (Lipinski definition) is 2. The van der Waals surface area contributed by atoms with E-state index in [2.05, 4.69) is 10.3 Å². The van der Waals surface area contributed by atoms with Gasteiger partial charge in [-0.15, -0.1) is 0 Å². The molecular weight excluding hydrogens is 351 g/mol. The van der Waals surface area contributed by atoms with E-state index < -0.39 is 11.4 Å². The van der Waals surface area contributed by atoms with E-state index in [1.54, 1.807) is 24.4 Å². The number of pyridine rings is 1. The molecule has 1 N–H and O–H groups in total. The van der Waals surface area contributed by atoms with Crippen molar-refractivity contribution in [2.45, 2.75) is 19.4 Å². The average molecular weight is 369 g/mol. The van der Waals surface area contributed by atoms with Crippen molar-refractivity contribution in [3.05, 3.63) is 88.8 Å². The molecule has 0 bridgehead atoms. The monoisotopic (exact) mass is 368 g/mol. The first-order chi connectivity index (χ1) is 12.4. The second-order valence-electron chi connectivity index (χ2n) is 6.47. The van der Waals surface area contributed by atoms with E-state index in [1.165, 1.54) is 12.1 Å². The Balaban J connectivity index is 1.85. The maximum atomic E-state index is 14.6. The normalized spacial score (nSPS) is 11.2. The molecule has 0 fully saturated rings. The number of rotatable bonds is 4. The number of hydrogen-bond donors (Lipinski definition) is 1. The molecule has 1 aromatic heterocycles. The van der Waals surface area contributed by atoms with Gasteiger partial charge in [0.1, 0.15) is 5.82 Å². The molecule has 26 heavy (non-hydrogen) atoms. The minimum atomic E-state index is -0.586. The highest BCUT2D eigenvalue weighted by atomic mass is 35.5. The number of carbonyl (C=O) groups excluding carboxylic acids is 1. The number of halogens is 2. The van der Waals surface area contributed by atoms with Crippen LogP contribution in [0.15, 0.2) is 66.9 Å². The van der Waals surface area contributed by atoms with Crippen molar-refractivity contribution in [1.29, 1.82) is 0 Å². The summed E-state index contributed by atoms with van der Waals surface area (Å²) < 4.78 is 14.6. The van der Waals surface area contributed by atoms with Gasteiger partial charge in [0.05, 0.1) is 16.3 Å². The van der Waals surface area contributed by atoms with Gasteiger partial charge in [0.25, 0.3) is 5.91 Å². The maximum Gasteiger partial charge on any atom is 0.252 e. The van der Waals surface area contributed by atoms with Crippen molar-refractivity contribution >= 4 is 17.5 Å². The van der Waals surface area contributed by atoms with Gasteiger partial charge >= 0.3 is 0 Å². The van der Waals surface area contributed by atoms with Gasteiger partial charge in [0, 0.05) is 17.3 Å². The van der Waals surface area contributed by atoms with Gasteiger partial charge in [-0.25, -0.2) is 4.39 Å². The van der Waals surface area contributed by atoms with E-state index in [1.807, 2.05) is 44.2 Å².